The first kappa shape index (κ1) is 15.0. The second kappa shape index (κ2) is 6.87. The van der Waals surface area contributed by atoms with Gasteiger partial charge in [-0.05, 0) is 44.5 Å². The van der Waals surface area contributed by atoms with Gasteiger partial charge in [-0.15, -0.1) is 0 Å². The molecule has 0 aliphatic carbocycles. The molecule has 2 nitrogen and oxygen atoms in total. The fourth-order valence-electron chi connectivity index (χ4n) is 2.54. The zero-order valence-corrected chi connectivity index (χ0v) is 13.0. The number of nitrogens with zero attached hydrogens (tertiary/aromatic N) is 1. The Hall–Kier alpha value is -1.38. The maximum atomic E-state index is 5.91. The maximum Gasteiger partial charge on any atom is 0.0589 e. The lowest BCUT2D eigenvalue weighted by molar-refractivity contribution is 0.536. The quantitative estimate of drug-likeness (QED) is 0.890. The Bertz CT molecular complexity index is 543. The highest BCUT2D eigenvalue weighted by atomic mass is 35.5. The lowest BCUT2D eigenvalue weighted by atomic mass is 9.99. The van der Waals surface area contributed by atoms with E-state index in [4.69, 9.17) is 11.6 Å². The lowest BCUT2D eigenvalue weighted by Crippen LogP contribution is -2.23. The van der Waals surface area contributed by atoms with Crippen molar-refractivity contribution in [3.8, 4) is 0 Å². The number of hydrogen-bond acceptors (Lipinski definition) is 2. The standard InChI is InChI=1S/C17H21ClN2/c1-4-19-17(16-6-5-15(18)11-20-16)10-14-8-12(2)7-13(3)9-14/h5-9,11,17,19H,4,10H2,1-3H3. The van der Waals surface area contributed by atoms with E-state index < -0.39 is 0 Å². The molecule has 0 bridgehead atoms. The number of likely N-dealkylation sites (N-methyl/N-ethyl adjacent to an activating group) is 1. The van der Waals surface area contributed by atoms with Gasteiger partial charge in [0.05, 0.1) is 16.8 Å². The number of hydrogen-bond donors (Lipinski definition) is 1. The molecule has 0 aliphatic rings. The number of nitrogens with one attached hydrogen (secondary N) is 1. The second-order valence-electron chi connectivity index (χ2n) is 5.21. The molecule has 1 unspecified atom stereocenters. The average molecular weight is 289 g/mol. The summed E-state index contributed by atoms with van der Waals surface area (Å²) in [4.78, 5) is 4.44. The number of aromatic nitrogens is 1. The van der Waals surface area contributed by atoms with Crippen molar-refractivity contribution in [1.82, 2.24) is 10.3 Å². The topological polar surface area (TPSA) is 24.9 Å². The van der Waals surface area contributed by atoms with Gasteiger partial charge >= 0.3 is 0 Å². The summed E-state index contributed by atoms with van der Waals surface area (Å²) in [6, 6.07) is 10.8. The van der Waals surface area contributed by atoms with Gasteiger partial charge < -0.3 is 5.32 Å². The highest BCUT2D eigenvalue weighted by Gasteiger charge is 2.13. The number of benzene rings is 1. The molecule has 3 heteroatoms. The van der Waals surface area contributed by atoms with E-state index in [1.54, 1.807) is 6.20 Å². The smallest absolute Gasteiger partial charge is 0.0589 e. The molecule has 0 radical (unpaired) electrons. The third-order valence-corrected chi connectivity index (χ3v) is 3.50. The Morgan fingerprint density at radius 3 is 2.40 bits per heavy atom. The van der Waals surface area contributed by atoms with Crippen molar-refractivity contribution in [1.29, 1.82) is 0 Å². The van der Waals surface area contributed by atoms with E-state index in [0.29, 0.717) is 5.02 Å². The largest absolute Gasteiger partial charge is 0.309 e. The van der Waals surface area contributed by atoms with Crippen molar-refractivity contribution < 1.29 is 0 Å². The van der Waals surface area contributed by atoms with Crippen LogP contribution < -0.4 is 5.32 Å². The van der Waals surface area contributed by atoms with Crippen LogP contribution in [0.3, 0.4) is 0 Å². The van der Waals surface area contributed by atoms with Crippen LogP contribution in [0.2, 0.25) is 5.02 Å². The van der Waals surface area contributed by atoms with Gasteiger partial charge in [-0.1, -0.05) is 47.9 Å². The third kappa shape index (κ3) is 4.06. The van der Waals surface area contributed by atoms with Crippen LogP contribution in [0.5, 0.6) is 0 Å². The summed E-state index contributed by atoms with van der Waals surface area (Å²) in [7, 11) is 0. The molecule has 1 aromatic carbocycles. The first-order valence-electron chi connectivity index (χ1n) is 7.00. The van der Waals surface area contributed by atoms with Crippen LogP contribution in [0.4, 0.5) is 0 Å². The monoisotopic (exact) mass is 288 g/mol. The molecule has 0 saturated heterocycles. The van der Waals surface area contributed by atoms with E-state index in [0.717, 1.165) is 18.7 Å². The van der Waals surface area contributed by atoms with Gasteiger partial charge in [-0.3, -0.25) is 4.98 Å². The van der Waals surface area contributed by atoms with Crippen LogP contribution in [0.15, 0.2) is 36.5 Å². The molecular formula is C17H21ClN2. The molecular weight excluding hydrogens is 268 g/mol. The molecule has 0 aliphatic heterocycles. The van der Waals surface area contributed by atoms with Crippen LogP contribution >= 0.6 is 11.6 Å². The minimum absolute atomic E-state index is 0.221. The highest BCUT2D eigenvalue weighted by Crippen LogP contribution is 2.20. The maximum absolute atomic E-state index is 5.91. The lowest BCUT2D eigenvalue weighted by Gasteiger charge is -2.18. The van der Waals surface area contributed by atoms with E-state index in [9.17, 15) is 0 Å². The van der Waals surface area contributed by atoms with Gasteiger partial charge in [0.15, 0.2) is 0 Å². The summed E-state index contributed by atoms with van der Waals surface area (Å²) in [6.07, 6.45) is 2.65. The summed E-state index contributed by atoms with van der Waals surface area (Å²) < 4.78 is 0. The number of pyridine rings is 1. The Morgan fingerprint density at radius 2 is 1.85 bits per heavy atom. The van der Waals surface area contributed by atoms with Crippen LogP contribution in [-0.2, 0) is 6.42 Å². The van der Waals surface area contributed by atoms with Crippen molar-refractivity contribution in [3.63, 3.8) is 0 Å². The number of aryl methyl sites for hydroxylation is 2. The van der Waals surface area contributed by atoms with Crippen molar-refractivity contribution >= 4 is 11.6 Å². The molecule has 0 fully saturated rings. The summed E-state index contributed by atoms with van der Waals surface area (Å²) >= 11 is 5.91. The number of halogens is 1. The molecule has 2 aromatic rings. The summed E-state index contributed by atoms with van der Waals surface area (Å²) in [5.74, 6) is 0. The Labute approximate surface area is 126 Å². The summed E-state index contributed by atoms with van der Waals surface area (Å²) in [5.41, 5.74) is 4.99. The molecule has 1 atom stereocenters. The third-order valence-electron chi connectivity index (χ3n) is 3.28. The van der Waals surface area contributed by atoms with E-state index in [2.05, 4.69) is 49.3 Å². The fraction of sp³-hybridized carbons (Fsp3) is 0.353. The van der Waals surface area contributed by atoms with Crippen molar-refractivity contribution in [2.24, 2.45) is 0 Å². The van der Waals surface area contributed by atoms with Gasteiger partial charge in [0.1, 0.15) is 0 Å². The van der Waals surface area contributed by atoms with Crippen LogP contribution in [-0.4, -0.2) is 11.5 Å². The average Bonchev–Trinajstić information content (AvgIpc) is 2.38. The molecule has 0 saturated carbocycles. The highest BCUT2D eigenvalue weighted by molar-refractivity contribution is 6.30. The molecule has 0 spiro atoms. The number of rotatable bonds is 5. The first-order valence-corrected chi connectivity index (χ1v) is 7.38. The van der Waals surface area contributed by atoms with E-state index in [1.807, 2.05) is 12.1 Å². The Balaban J connectivity index is 2.22. The van der Waals surface area contributed by atoms with Crippen LogP contribution in [0, 0.1) is 13.8 Å². The van der Waals surface area contributed by atoms with E-state index in [1.165, 1.54) is 16.7 Å². The molecule has 0 amide bonds. The van der Waals surface area contributed by atoms with E-state index >= 15 is 0 Å². The predicted octanol–water partition coefficient (Wildman–Crippen LogP) is 4.25. The first-order chi connectivity index (χ1) is 9.58. The predicted molar refractivity (Wildman–Crippen MR) is 85.3 cm³/mol. The molecule has 1 N–H and O–H groups in total. The van der Waals surface area contributed by atoms with Gasteiger partial charge in [0.2, 0.25) is 0 Å². The summed E-state index contributed by atoms with van der Waals surface area (Å²) in [6.45, 7) is 7.31. The Morgan fingerprint density at radius 1 is 1.15 bits per heavy atom. The molecule has 2 rings (SSSR count). The zero-order valence-electron chi connectivity index (χ0n) is 12.3. The fourth-order valence-corrected chi connectivity index (χ4v) is 2.66. The second-order valence-corrected chi connectivity index (χ2v) is 5.65. The minimum atomic E-state index is 0.221. The molecule has 20 heavy (non-hydrogen) atoms. The van der Waals surface area contributed by atoms with Crippen molar-refractivity contribution in [3.05, 3.63) is 63.9 Å². The van der Waals surface area contributed by atoms with Gasteiger partial charge in [0.25, 0.3) is 0 Å². The van der Waals surface area contributed by atoms with Gasteiger partial charge in [0, 0.05) is 6.20 Å². The van der Waals surface area contributed by atoms with Crippen LogP contribution in [0.1, 0.15) is 35.3 Å². The molecule has 1 heterocycles. The van der Waals surface area contributed by atoms with Crippen molar-refractivity contribution in [2.75, 3.05) is 6.54 Å². The minimum Gasteiger partial charge on any atom is -0.309 e. The molecule has 1 aromatic heterocycles. The Kier molecular flexibility index (Phi) is 5.16. The van der Waals surface area contributed by atoms with Crippen LogP contribution in [0.25, 0.3) is 0 Å². The molecule has 106 valence electrons. The normalized spacial score (nSPS) is 12.4. The SMILES string of the molecule is CCNC(Cc1cc(C)cc(C)c1)c1ccc(Cl)cn1. The zero-order chi connectivity index (χ0) is 14.5. The van der Waals surface area contributed by atoms with Crippen molar-refractivity contribution in [2.45, 2.75) is 33.2 Å². The van der Waals surface area contributed by atoms with Gasteiger partial charge in [-0.2, -0.15) is 0 Å². The summed E-state index contributed by atoms with van der Waals surface area (Å²) in [5, 5.41) is 4.18. The van der Waals surface area contributed by atoms with Gasteiger partial charge in [-0.25, -0.2) is 0 Å². The van der Waals surface area contributed by atoms with E-state index in [-0.39, 0.29) is 6.04 Å².